The molecule has 0 aliphatic rings. The van der Waals surface area contributed by atoms with E-state index in [9.17, 15) is 0 Å². The molecule has 6 heteroatoms. The van der Waals surface area contributed by atoms with Gasteiger partial charge in [0.05, 0.1) is 11.0 Å². The summed E-state index contributed by atoms with van der Waals surface area (Å²) in [5, 5.41) is 2.32. The third-order valence-electron chi connectivity index (χ3n) is 2.03. The predicted molar refractivity (Wildman–Crippen MR) is 71.2 cm³/mol. The number of anilines is 1. The summed E-state index contributed by atoms with van der Waals surface area (Å²) in [6.45, 7) is 0.809. The van der Waals surface area contributed by atoms with Crippen LogP contribution in [0, 0.1) is 0 Å². The molecule has 2 aromatic rings. The molecule has 16 heavy (non-hydrogen) atoms. The van der Waals surface area contributed by atoms with Crippen LogP contribution < -0.4 is 4.90 Å². The fourth-order valence-corrected chi connectivity index (χ4v) is 2.70. The third kappa shape index (κ3) is 2.72. The molecule has 2 rings (SSSR count). The lowest BCUT2D eigenvalue weighted by Crippen LogP contribution is -2.17. The SMILES string of the molecule is CN(Cc1cccs1)c1nc(Cl)ncc1Br. The van der Waals surface area contributed by atoms with Crippen LogP contribution in [0.5, 0.6) is 0 Å². The topological polar surface area (TPSA) is 29.0 Å². The molecule has 0 unspecified atom stereocenters. The summed E-state index contributed by atoms with van der Waals surface area (Å²) in [5.74, 6) is 0.799. The lowest BCUT2D eigenvalue weighted by Gasteiger charge is -2.18. The van der Waals surface area contributed by atoms with Gasteiger partial charge in [-0.2, -0.15) is 4.98 Å². The molecule has 0 saturated heterocycles. The maximum absolute atomic E-state index is 5.78. The van der Waals surface area contributed by atoms with Crippen molar-refractivity contribution in [3.05, 3.63) is 38.3 Å². The normalized spacial score (nSPS) is 10.4. The van der Waals surface area contributed by atoms with Crippen molar-refractivity contribution >= 4 is 44.7 Å². The van der Waals surface area contributed by atoms with Crippen LogP contribution in [0.2, 0.25) is 5.28 Å². The van der Waals surface area contributed by atoms with Crippen molar-refractivity contribution in [3.8, 4) is 0 Å². The van der Waals surface area contributed by atoms with Gasteiger partial charge in [-0.05, 0) is 39.0 Å². The van der Waals surface area contributed by atoms with E-state index in [1.165, 1.54) is 4.88 Å². The van der Waals surface area contributed by atoms with Gasteiger partial charge in [0.15, 0.2) is 0 Å². The van der Waals surface area contributed by atoms with Crippen molar-refractivity contribution in [2.24, 2.45) is 0 Å². The Morgan fingerprint density at radius 2 is 2.38 bits per heavy atom. The van der Waals surface area contributed by atoms with E-state index in [-0.39, 0.29) is 5.28 Å². The quantitative estimate of drug-likeness (QED) is 0.810. The van der Waals surface area contributed by atoms with Gasteiger partial charge in [-0.25, -0.2) is 4.98 Å². The molecule has 0 radical (unpaired) electrons. The minimum Gasteiger partial charge on any atom is -0.353 e. The molecule has 0 fully saturated rings. The average Bonchev–Trinajstić information content (AvgIpc) is 2.74. The number of rotatable bonds is 3. The van der Waals surface area contributed by atoms with Crippen LogP contribution in [-0.4, -0.2) is 17.0 Å². The Kier molecular flexibility index (Phi) is 3.78. The maximum Gasteiger partial charge on any atom is 0.224 e. The second kappa shape index (κ2) is 5.12. The largest absolute Gasteiger partial charge is 0.353 e. The number of halogens is 2. The summed E-state index contributed by atoms with van der Waals surface area (Å²) in [6.07, 6.45) is 1.66. The maximum atomic E-state index is 5.78. The number of thiophene rings is 1. The first-order valence-corrected chi connectivity index (χ1v) is 6.63. The molecular weight excluding hydrogens is 310 g/mol. The fraction of sp³-hybridized carbons (Fsp3) is 0.200. The molecule has 0 aliphatic carbocycles. The Hall–Kier alpha value is -0.650. The minimum absolute atomic E-state index is 0.260. The zero-order chi connectivity index (χ0) is 11.5. The predicted octanol–water partition coefficient (Wildman–Crippen LogP) is 3.59. The Morgan fingerprint density at radius 3 is 3.06 bits per heavy atom. The lowest BCUT2D eigenvalue weighted by molar-refractivity contribution is 0.899. The van der Waals surface area contributed by atoms with Gasteiger partial charge in [0.25, 0.3) is 0 Å². The molecule has 0 atom stereocenters. The highest BCUT2D eigenvalue weighted by Gasteiger charge is 2.09. The highest BCUT2D eigenvalue weighted by molar-refractivity contribution is 9.10. The van der Waals surface area contributed by atoms with Gasteiger partial charge in [-0.1, -0.05) is 6.07 Å². The molecule has 2 aromatic heterocycles. The summed E-state index contributed by atoms with van der Waals surface area (Å²) in [7, 11) is 1.98. The smallest absolute Gasteiger partial charge is 0.224 e. The van der Waals surface area contributed by atoms with Gasteiger partial charge in [-0.3, -0.25) is 0 Å². The van der Waals surface area contributed by atoms with Crippen molar-refractivity contribution in [1.82, 2.24) is 9.97 Å². The van der Waals surface area contributed by atoms with Crippen molar-refractivity contribution < 1.29 is 0 Å². The second-order valence-corrected chi connectivity index (χ2v) is 5.47. The van der Waals surface area contributed by atoms with Crippen LogP contribution in [0.25, 0.3) is 0 Å². The number of nitrogens with zero attached hydrogens (tertiary/aromatic N) is 3. The first-order chi connectivity index (χ1) is 7.66. The fourth-order valence-electron chi connectivity index (χ4n) is 1.32. The van der Waals surface area contributed by atoms with Gasteiger partial charge in [-0.15, -0.1) is 11.3 Å². The molecule has 0 saturated carbocycles. The van der Waals surface area contributed by atoms with E-state index < -0.39 is 0 Å². The molecule has 0 aliphatic heterocycles. The van der Waals surface area contributed by atoms with Crippen LogP contribution >= 0.6 is 38.9 Å². The molecule has 0 aromatic carbocycles. The standard InChI is InChI=1S/C10H9BrClN3S/c1-15(6-7-3-2-4-16-7)9-8(11)5-13-10(12)14-9/h2-5H,6H2,1H3. The van der Waals surface area contributed by atoms with Crippen LogP contribution in [0.15, 0.2) is 28.2 Å². The summed E-state index contributed by atoms with van der Waals surface area (Å²) in [6, 6.07) is 4.13. The Morgan fingerprint density at radius 1 is 1.56 bits per heavy atom. The zero-order valence-electron chi connectivity index (χ0n) is 8.52. The molecule has 0 bridgehead atoms. The van der Waals surface area contributed by atoms with Crippen molar-refractivity contribution in [1.29, 1.82) is 0 Å². The van der Waals surface area contributed by atoms with E-state index in [1.54, 1.807) is 17.5 Å². The van der Waals surface area contributed by atoms with E-state index in [1.807, 2.05) is 18.0 Å². The van der Waals surface area contributed by atoms with E-state index in [4.69, 9.17) is 11.6 Å². The number of hydrogen-bond acceptors (Lipinski definition) is 4. The molecular formula is C10H9BrClN3S. The van der Waals surface area contributed by atoms with E-state index in [0.29, 0.717) is 0 Å². The Bertz CT molecular complexity index is 475. The first-order valence-electron chi connectivity index (χ1n) is 4.58. The minimum atomic E-state index is 0.260. The summed E-state index contributed by atoms with van der Waals surface area (Å²) in [4.78, 5) is 11.4. The summed E-state index contributed by atoms with van der Waals surface area (Å²) in [5.41, 5.74) is 0. The number of aromatic nitrogens is 2. The highest BCUT2D eigenvalue weighted by Crippen LogP contribution is 2.25. The van der Waals surface area contributed by atoms with Crippen LogP contribution in [0.3, 0.4) is 0 Å². The summed E-state index contributed by atoms with van der Waals surface area (Å²) < 4.78 is 0.843. The van der Waals surface area contributed by atoms with Crippen molar-refractivity contribution in [3.63, 3.8) is 0 Å². The van der Waals surface area contributed by atoms with Crippen LogP contribution in [0.4, 0.5) is 5.82 Å². The molecule has 0 N–H and O–H groups in total. The monoisotopic (exact) mass is 317 g/mol. The Balaban J connectivity index is 2.20. The molecule has 0 spiro atoms. The van der Waals surface area contributed by atoms with Gasteiger partial charge >= 0.3 is 0 Å². The van der Waals surface area contributed by atoms with Crippen molar-refractivity contribution in [2.45, 2.75) is 6.54 Å². The van der Waals surface area contributed by atoms with Crippen LogP contribution in [-0.2, 0) is 6.54 Å². The van der Waals surface area contributed by atoms with Gasteiger partial charge < -0.3 is 4.90 Å². The van der Waals surface area contributed by atoms with Crippen LogP contribution in [0.1, 0.15) is 4.88 Å². The molecule has 0 amide bonds. The summed E-state index contributed by atoms with van der Waals surface area (Å²) >= 11 is 10.9. The number of hydrogen-bond donors (Lipinski definition) is 0. The van der Waals surface area contributed by atoms with Crippen molar-refractivity contribution in [2.75, 3.05) is 11.9 Å². The zero-order valence-corrected chi connectivity index (χ0v) is 11.7. The molecule has 3 nitrogen and oxygen atoms in total. The van der Waals surface area contributed by atoms with E-state index in [2.05, 4.69) is 37.3 Å². The highest BCUT2D eigenvalue weighted by atomic mass is 79.9. The average molecular weight is 319 g/mol. The first kappa shape index (κ1) is 11.8. The molecule has 2 heterocycles. The third-order valence-corrected chi connectivity index (χ3v) is 3.63. The Labute approximate surface area is 111 Å². The van der Waals surface area contributed by atoms with Gasteiger partial charge in [0, 0.05) is 18.1 Å². The van der Waals surface area contributed by atoms with E-state index >= 15 is 0 Å². The lowest BCUT2D eigenvalue weighted by atomic mass is 10.4. The molecule has 84 valence electrons. The second-order valence-electron chi connectivity index (χ2n) is 3.25. The van der Waals surface area contributed by atoms with E-state index in [0.717, 1.165) is 16.8 Å². The van der Waals surface area contributed by atoms with Gasteiger partial charge in [0.1, 0.15) is 5.82 Å². The van der Waals surface area contributed by atoms with Gasteiger partial charge in [0.2, 0.25) is 5.28 Å².